The molecule has 0 bridgehead atoms. The lowest BCUT2D eigenvalue weighted by atomic mass is 9.85. The average Bonchev–Trinajstić information content (AvgIpc) is 3.38. The highest BCUT2D eigenvalue weighted by atomic mass is 32.1. The van der Waals surface area contributed by atoms with Crippen LogP contribution in [0.1, 0.15) is 49.1 Å². The largest absolute Gasteiger partial charge is 0.343 e. The monoisotopic (exact) mass is 457 g/mol. The van der Waals surface area contributed by atoms with Gasteiger partial charge in [0.15, 0.2) is 0 Å². The van der Waals surface area contributed by atoms with Crippen LogP contribution in [0.25, 0.3) is 0 Å². The maximum atomic E-state index is 13.4. The number of carbonyl (C=O) groups is 4. The highest BCUT2D eigenvalue weighted by Gasteiger charge is 2.49. The fourth-order valence-corrected chi connectivity index (χ4v) is 5.22. The maximum Gasteiger partial charge on any atom is 0.334 e. The number of amides is 5. The standard InChI is InChI=1S/C23H24FN3O4S/c1-14-5-2-3-6-17(14)27-22(30)21(29)26(23(27)31)13-19(28)25-20(18-7-4-12-32-18)15-8-10-16(24)11-9-15/h4,7-12,14,17,20H,2-3,5-6,13H2,1H3,(H,25,28)/t14-,17-,20-/m1/s1. The van der Waals surface area contributed by atoms with Crippen molar-refractivity contribution in [3.05, 3.63) is 58.0 Å². The number of halogens is 1. The van der Waals surface area contributed by atoms with E-state index in [4.69, 9.17) is 0 Å². The minimum Gasteiger partial charge on any atom is -0.343 e. The van der Waals surface area contributed by atoms with Crippen LogP contribution < -0.4 is 5.32 Å². The van der Waals surface area contributed by atoms with Crippen LogP contribution in [0.2, 0.25) is 0 Å². The number of thiophene rings is 1. The van der Waals surface area contributed by atoms with Gasteiger partial charge in [-0.25, -0.2) is 14.1 Å². The molecule has 1 saturated carbocycles. The van der Waals surface area contributed by atoms with E-state index in [0.29, 0.717) is 12.0 Å². The Kier molecular flexibility index (Phi) is 6.36. The van der Waals surface area contributed by atoms with Gasteiger partial charge in [-0.2, -0.15) is 0 Å². The molecule has 1 aromatic carbocycles. The van der Waals surface area contributed by atoms with E-state index in [9.17, 15) is 23.6 Å². The van der Waals surface area contributed by atoms with Gasteiger partial charge in [-0.3, -0.25) is 19.3 Å². The van der Waals surface area contributed by atoms with E-state index < -0.39 is 42.2 Å². The number of nitrogens with one attached hydrogen (secondary N) is 1. The first-order valence-electron chi connectivity index (χ1n) is 10.6. The summed E-state index contributed by atoms with van der Waals surface area (Å²) in [7, 11) is 0. The van der Waals surface area contributed by atoms with Gasteiger partial charge in [0, 0.05) is 10.9 Å². The summed E-state index contributed by atoms with van der Waals surface area (Å²) in [5.74, 6) is -2.71. The lowest BCUT2D eigenvalue weighted by Crippen LogP contribution is -2.47. The second kappa shape index (κ2) is 9.20. The minimum atomic E-state index is -0.975. The Morgan fingerprint density at radius 3 is 2.50 bits per heavy atom. The van der Waals surface area contributed by atoms with E-state index in [-0.39, 0.29) is 12.0 Å². The topological polar surface area (TPSA) is 86.8 Å². The highest BCUT2D eigenvalue weighted by molar-refractivity contribution is 7.10. The van der Waals surface area contributed by atoms with E-state index in [1.54, 1.807) is 12.1 Å². The lowest BCUT2D eigenvalue weighted by Gasteiger charge is -2.34. The van der Waals surface area contributed by atoms with E-state index in [1.807, 2.05) is 24.4 Å². The van der Waals surface area contributed by atoms with Crippen LogP contribution in [0.4, 0.5) is 9.18 Å². The Labute approximate surface area is 189 Å². The van der Waals surface area contributed by atoms with E-state index in [0.717, 1.165) is 33.9 Å². The Morgan fingerprint density at radius 2 is 1.84 bits per heavy atom. The molecule has 1 N–H and O–H groups in total. The number of hydrogen-bond donors (Lipinski definition) is 1. The Morgan fingerprint density at radius 1 is 1.12 bits per heavy atom. The number of hydrogen-bond acceptors (Lipinski definition) is 5. The molecule has 7 nitrogen and oxygen atoms in total. The summed E-state index contributed by atoms with van der Waals surface area (Å²) in [4.78, 5) is 53.4. The first kappa shape index (κ1) is 22.1. The predicted molar refractivity (Wildman–Crippen MR) is 116 cm³/mol. The summed E-state index contributed by atoms with van der Waals surface area (Å²) in [5.41, 5.74) is 0.662. The van der Waals surface area contributed by atoms with Crippen molar-refractivity contribution in [2.75, 3.05) is 6.54 Å². The van der Waals surface area contributed by atoms with Crippen LogP contribution in [0.3, 0.4) is 0 Å². The minimum absolute atomic E-state index is 0.111. The molecule has 1 saturated heterocycles. The summed E-state index contributed by atoms with van der Waals surface area (Å²) in [6, 6.07) is 7.79. The fourth-order valence-electron chi connectivity index (χ4n) is 4.41. The molecule has 1 aromatic heterocycles. The van der Waals surface area contributed by atoms with Gasteiger partial charge in [-0.1, -0.05) is 38.0 Å². The molecule has 0 radical (unpaired) electrons. The van der Waals surface area contributed by atoms with Crippen molar-refractivity contribution >= 4 is 35.1 Å². The van der Waals surface area contributed by atoms with Gasteiger partial charge in [0.1, 0.15) is 12.4 Å². The van der Waals surface area contributed by atoms with Gasteiger partial charge in [0.25, 0.3) is 0 Å². The number of imide groups is 2. The lowest BCUT2D eigenvalue weighted by molar-refractivity contribution is -0.145. The number of urea groups is 1. The molecule has 1 aliphatic carbocycles. The van der Waals surface area contributed by atoms with Gasteiger partial charge in [-0.15, -0.1) is 11.3 Å². The van der Waals surface area contributed by atoms with Gasteiger partial charge in [0.2, 0.25) is 5.91 Å². The zero-order chi connectivity index (χ0) is 22.8. The molecule has 2 aromatic rings. The fraction of sp³-hybridized carbons (Fsp3) is 0.391. The number of rotatable bonds is 6. The van der Waals surface area contributed by atoms with Crippen molar-refractivity contribution in [2.45, 2.75) is 44.7 Å². The third kappa shape index (κ3) is 4.29. The molecular formula is C23H24FN3O4S. The first-order valence-corrected chi connectivity index (χ1v) is 11.5. The number of nitrogens with zero attached hydrogens (tertiary/aromatic N) is 2. The molecule has 2 fully saturated rings. The molecule has 9 heteroatoms. The Balaban J connectivity index is 1.49. The first-order chi connectivity index (χ1) is 15.4. The molecule has 2 aliphatic rings. The summed E-state index contributed by atoms with van der Waals surface area (Å²) in [6.45, 7) is 1.42. The summed E-state index contributed by atoms with van der Waals surface area (Å²) in [6.07, 6.45) is 3.47. The number of benzene rings is 1. The average molecular weight is 458 g/mol. The summed E-state index contributed by atoms with van der Waals surface area (Å²) >= 11 is 1.42. The van der Waals surface area contributed by atoms with Crippen molar-refractivity contribution in [2.24, 2.45) is 5.92 Å². The SMILES string of the molecule is C[C@@H]1CCCC[C@H]1N1C(=O)C(=O)N(CC(=O)N[C@H](c2ccc(F)cc2)c2cccs2)C1=O. The maximum absolute atomic E-state index is 13.4. The second-order valence-electron chi connectivity index (χ2n) is 8.25. The quantitative estimate of drug-likeness (QED) is 0.532. The van der Waals surface area contributed by atoms with Crippen molar-refractivity contribution in [1.29, 1.82) is 0 Å². The van der Waals surface area contributed by atoms with Gasteiger partial charge < -0.3 is 5.32 Å². The van der Waals surface area contributed by atoms with Gasteiger partial charge in [-0.05, 0) is 47.9 Å². The van der Waals surface area contributed by atoms with Gasteiger partial charge in [0.05, 0.1) is 6.04 Å². The van der Waals surface area contributed by atoms with Crippen LogP contribution in [0.15, 0.2) is 41.8 Å². The molecule has 168 valence electrons. The van der Waals surface area contributed by atoms with Crippen molar-refractivity contribution in [3.63, 3.8) is 0 Å². The molecule has 2 heterocycles. The van der Waals surface area contributed by atoms with E-state index in [2.05, 4.69) is 5.32 Å². The van der Waals surface area contributed by atoms with Crippen LogP contribution in [-0.4, -0.2) is 46.1 Å². The molecular weight excluding hydrogens is 433 g/mol. The summed E-state index contributed by atoms with van der Waals surface area (Å²) < 4.78 is 13.4. The normalized spacial score (nSPS) is 22.4. The predicted octanol–water partition coefficient (Wildman–Crippen LogP) is 3.46. The molecule has 4 rings (SSSR count). The van der Waals surface area contributed by atoms with Crippen molar-refractivity contribution in [1.82, 2.24) is 15.1 Å². The van der Waals surface area contributed by atoms with E-state index in [1.165, 1.54) is 23.5 Å². The van der Waals surface area contributed by atoms with Gasteiger partial charge >= 0.3 is 17.8 Å². The molecule has 0 unspecified atom stereocenters. The smallest absolute Gasteiger partial charge is 0.334 e. The van der Waals surface area contributed by atoms with Crippen LogP contribution in [0.5, 0.6) is 0 Å². The molecule has 3 atom stereocenters. The molecule has 0 spiro atoms. The second-order valence-corrected chi connectivity index (χ2v) is 9.22. The zero-order valence-electron chi connectivity index (χ0n) is 17.6. The van der Waals surface area contributed by atoms with E-state index >= 15 is 0 Å². The Bertz CT molecular complexity index is 1020. The third-order valence-electron chi connectivity index (χ3n) is 6.12. The van der Waals surface area contributed by atoms with Crippen molar-refractivity contribution < 1.29 is 23.6 Å². The third-order valence-corrected chi connectivity index (χ3v) is 7.06. The van der Waals surface area contributed by atoms with Crippen LogP contribution in [-0.2, 0) is 14.4 Å². The molecule has 5 amide bonds. The molecule has 1 aliphatic heterocycles. The molecule has 32 heavy (non-hydrogen) atoms. The van der Waals surface area contributed by atoms with Crippen LogP contribution in [0, 0.1) is 11.7 Å². The Hall–Kier alpha value is -3.07. The highest BCUT2D eigenvalue weighted by Crippen LogP contribution is 2.31. The van der Waals surface area contributed by atoms with Crippen molar-refractivity contribution in [3.8, 4) is 0 Å². The number of carbonyl (C=O) groups excluding carboxylic acids is 4. The van der Waals surface area contributed by atoms with Crippen LogP contribution >= 0.6 is 11.3 Å². The zero-order valence-corrected chi connectivity index (χ0v) is 18.4. The summed E-state index contributed by atoms with van der Waals surface area (Å²) in [5, 5.41) is 4.67.